The first-order chi connectivity index (χ1) is 8.96. The Morgan fingerprint density at radius 3 is 2.20 bits per heavy atom. The van der Waals surface area contributed by atoms with Crippen LogP contribution in [-0.2, 0) is 0 Å². The molecule has 6 heteroatoms. The summed E-state index contributed by atoms with van der Waals surface area (Å²) in [6, 6.07) is 6.81. The first-order valence-electron chi connectivity index (χ1n) is 6.54. The van der Waals surface area contributed by atoms with Crippen LogP contribution >= 0.6 is 12.4 Å². The second kappa shape index (κ2) is 7.29. The van der Waals surface area contributed by atoms with Crippen LogP contribution in [0.1, 0.15) is 23.6 Å². The summed E-state index contributed by atoms with van der Waals surface area (Å²) in [7, 11) is 0. The zero-order valence-electron chi connectivity index (χ0n) is 11.4. The quantitative estimate of drug-likeness (QED) is 0.921. The van der Waals surface area contributed by atoms with Gasteiger partial charge in [-0.3, -0.25) is 4.90 Å². The minimum atomic E-state index is -4.14. The molecule has 0 unspecified atom stereocenters. The molecule has 0 aliphatic carbocycles. The average molecular weight is 309 g/mol. The number of alkyl halides is 3. The first kappa shape index (κ1) is 17.3. The molecule has 0 amide bonds. The molecule has 1 atom stereocenters. The van der Waals surface area contributed by atoms with Gasteiger partial charge in [-0.1, -0.05) is 29.8 Å². The van der Waals surface area contributed by atoms with Gasteiger partial charge >= 0.3 is 6.18 Å². The molecule has 1 aromatic rings. The molecule has 20 heavy (non-hydrogen) atoms. The summed E-state index contributed by atoms with van der Waals surface area (Å²) in [4.78, 5) is 1.93. The molecule has 1 aliphatic heterocycles. The fourth-order valence-electron chi connectivity index (χ4n) is 2.46. The first-order valence-corrected chi connectivity index (χ1v) is 6.54. The van der Waals surface area contributed by atoms with Crippen LogP contribution in [0.25, 0.3) is 0 Å². The molecule has 2 rings (SSSR count). The van der Waals surface area contributed by atoms with E-state index in [0.29, 0.717) is 13.1 Å². The molecule has 1 heterocycles. The summed E-state index contributed by atoms with van der Waals surface area (Å²) in [5, 5.41) is 3.17. The van der Waals surface area contributed by atoms with Gasteiger partial charge in [0.15, 0.2) is 0 Å². The lowest BCUT2D eigenvalue weighted by Crippen LogP contribution is -2.46. The van der Waals surface area contributed by atoms with Crippen molar-refractivity contribution in [3.63, 3.8) is 0 Å². The second-order valence-electron chi connectivity index (χ2n) is 5.03. The van der Waals surface area contributed by atoms with E-state index in [-0.39, 0.29) is 12.4 Å². The van der Waals surface area contributed by atoms with Crippen LogP contribution in [0, 0.1) is 6.92 Å². The topological polar surface area (TPSA) is 15.3 Å². The molecule has 114 valence electrons. The van der Waals surface area contributed by atoms with Crippen molar-refractivity contribution < 1.29 is 13.2 Å². The van der Waals surface area contributed by atoms with E-state index in [4.69, 9.17) is 0 Å². The summed E-state index contributed by atoms with van der Waals surface area (Å²) in [6.07, 6.45) is -4.92. The number of hydrogen-bond acceptors (Lipinski definition) is 2. The number of nitrogens with one attached hydrogen (secondary N) is 1. The highest BCUT2D eigenvalue weighted by molar-refractivity contribution is 5.85. The van der Waals surface area contributed by atoms with E-state index >= 15 is 0 Å². The minimum absolute atomic E-state index is 0. The number of nitrogens with zero attached hydrogens (tertiary/aromatic N) is 1. The van der Waals surface area contributed by atoms with Gasteiger partial charge in [0.1, 0.15) is 0 Å². The molecule has 1 aromatic carbocycles. The summed E-state index contributed by atoms with van der Waals surface area (Å²) >= 11 is 0. The van der Waals surface area contributed by atoms with Gasteiger partial charge in [0, 0.05) is 32.2 Å². The Labute approximate surface area is 123 Å². The Hall–Kier alpha value is -0.780. The van der Waals surface area contributed by atoms with Gasteiger partial charge in [0.2, 0.25) is 0 Å². The van der Waals surface area contributed by atoms with Crippen LogP contribution in [0.3, 0.4) is 0 Å². The largest absolute Gasteiger partial charge is 0.390 e. The normalized spacial score (nSPS) is 18.4. The lowest BCUT2D eigenvalue weighted by Gasteiger charge is -2.35. The predicted molar refractivity (Wildman–Crippen MR) is 76.3 cm³/mol. The Morgan fingerprint density at radius 2 is 1.70 bits per heavy atom. The molecule has 0 aromatic heterocycles. The van der Waals surface area contributed by atoms with Crippen molar-refractivity contribution >= 4 is 12.4 Å². The van der Waals surface area contributed by atoms with Crippen molar-refractivity contribution in [1.82, 2.24) is 10.2 Å². The van der Waals surface area contributed by atoms with Gasteiger partial charge in [0.05, 0.1) is 6.42 Å². The number of piperazine rings is 1. The Balaban J connectivity index is 0.00000200. The monoisotopic (exact) mass is 308 g/mol. The summed E-state index contributed by atoms with van der Waals surface area (Å²) in [6.45, 7) is 4.76. The van der Waals surface area contributed by atoms with E-state index in [1.807, 2.05) is 36.1 Å². The molecule has 1 fully saturated rings. The third-order valence-corrected chi connectivity index (χ3v) is 3.48. The van der Waals surface area contributed by atoms with E-state index in [1.165, 1.54) is 0 Å². The molecule has 0 saturated carbocycles. The highest BCUT2D eigenvalue weighted by Crippen LogP contribution is 2.33. The predicted octanol–water partition coefficient (Wildman–Crippen LogP) is 3.32. The Bertz CT molecular complexity index is 400. The molecule has 1 aliphatic rings. The summed E-state index contributed by atoms with van der Waals surface area (Å²) < 4.78 is 38.4. The third-order valence-electron chi connectivity index (χ3n) is 3.48. The highest BCUT2D eigenvalue weighted by Gasteiger charge is 2.35. The number of halogens is 4. The van der Waals surface area contributed by atoms with Crippen molar-refractivity contribution in [3.8, 4) is 0 Å². The molecular formula is C14H20ClF3N2. The minimum Gasteiger partial charge on any atom is -0.314 e. The van der Waals surface area contributed by atoms with Crippen LogP contribution in [0.15, 0.2) is 24.3 Å². The van der Waals surface area contributed by atoms with E-state index in [2.05, 4.69) is 5.32 Å². The van der Waals surface area contributed by atoms with Crippen molar-refractivity contribution in [2.45, 2.75) is 25.6 Å². The molecular weight excluding hydrogens is 289 g/mol. The fourth-order valence-corrected chi connectivity index (χ4v) is 2.46. The number of benzene rings is 1. The second-order valence-corrected chi connectivity index (χ2v) is 5.03. The zero-order valence-corrected chi connectivity index (χ0v) is 12.2. The maximum atomic E-state index is 12.8. The van der Waals surface area contributed by atoms with Gasteiger partial charge in [0.25, 0.3) is 0 Å². The van der Waals surface area contributed by atoms with E-state index in [0.717, 1.165) is 24.2 Å². The van der Waals surface area contributed by atoms with Crippen LogP contribution in [0.5, 0.6) is 0 Å². The van der Waals surface area contributed by atoms with Gasteiger partial charge in [-0.2, -0.15) is 13.2 Å². The van der Waals surface area contributed by atoms with Gasteiger partial charge in [-0.25, -0.2) is 0 Å². The average Bonchev–Trinajstić information content (AvgIpc) is 2.37. The summed E-state index contributed by atoms with van der Waals surface area (Å²) in [5.74, 6) is 0. The van der Waals surface area contributed by atoms with Crippen molar-refractivity contribution in [1.29, 1.82) is 0 Å². The number of hydrogen-bond donors (Lipinski definition) is 1. The van der Waals surface area contributed by atoms with Crippen LogP contribution in [-0.4, -0.2) is 37.3 Å². The lowest BCUT2D eigenvalue weighted by atomic mass is 10.00. The highest BCUT2D eigenvalue weighted by atomic mass is 35.5. The van der Waals surface area contributed by atoms with Gasteiger partial charge in [-0.15, -0.1) is 12.4 Å². The number of rotatable bonds is 3. The van der Waals surface area contributed by atoms with Crippen LogP contribution in [0.2, 0.25) is 0 Å². The molecule has 1 saturated heterocycles. The van der Waals surface area contributed by atoms with E-state index < -0.39 is 18.6 Å². The van der Waals surface area contributed by atoms with Crippen LogP contribution < -0.4 is 5.32 Å². The Morgan fingerprint density at radius 1 is 1.15 bits per heavy atom. The third kappa shape index (κ3) is 4.96. The lowest BCUT2D eigenvalue weighted by molar-refractivity contribution is -0.148. The van der Waals surface area contributed by atoms with Gasteiger partial charge < -0.3 is 5.32 Å². The molecule has 0 spiro atoms. The number of aryl methyl sites for hydroxylation is 1. The fraction of sp³-hybridized carbons (Fsp3) is 0.571. The zero-order chi connectivity index (χ0) is 13.9. The maximum Gasteiger partial charge on any atom is 0.390 e. The molecule has 2 nitrogen and oxygen atoms in total. The smallest absolute Gasteiger partial charge is 0.314 e. The van der Waals surface area contributed by atoms with Crippen molar-refractivity contribution in [2.75, 3.05) is 26.2 Å². The van der Waals surface area contributed by atoms with E-state index in [9.17, 15) is 13.2 Å². The molecule has 0 radical (unpaired) electrons. The van der Waals surface area contributed by atoms with Gasteiger partial charge in [-0.05, 0) is 12.5 Å². The Kier molecular flexibility index (Phi) is 6.30. The summed E-state index contributed by atoms with van der Waals surface area (Å²) in [5.41, 5.74) is 1.82. The SMILES string of the molecule is Cc1ccc([C@@H](CC(F)(F)F)N2CCNCC2)cc1.Cl. The molecule has 1 N–H and O–H groups in total. The van der Waals surface area contributed by atoms with Crippen molar-refractivity contribution in [3.05, 3.63) is 35.4 Å². The van der Waals surface area contributed by atoms with Crippen molar-refractivity contribution in [2.24, 2.45) is 0 Å². The van der Waals surface area contributed by atoms with Crippen LogP contribution in [0.4, 0.5) is 13.2 Å². The standard InChI is InChI=1S/C14H19F3N2.ClH/c1-11-2-4-12(5-3-11)13(10-14(15,16)17)19-8-6-18-7-9-19;/h2-5,13,18H,6-10H2,1H3;1H/t13-;/m1./s1. The maximum absolute atomic E-state index is 12.8. The molecule has 0 bridgehead atoms. The van der Waals surface area contributed by atoms with E-state index in [1.54, 1.807) is 0 Å².